The lowest BCUT2D eigenvalue weighted by Crippen LogP contribution is -2.10. The summed E-state index contributed by atoms with van der Waals surface area (Å²) in [5, 5.41) is 9.35. The van der Waals surface area contributed by atoms with Crippen LogP contribution in [0.2, 0.25) is 0 Å². The second-order valence-corrected chi connectivity index (χ2v) is 18.5. The topological polar surface area (TPSA) is 21.3 Å². The number of nitrogens with zero attached hydrogens (tertiary/aromatic N) is 2. The Morgan fingerprint density at radius 2 is 0.803 bits per heavy atom. The van der Waals surface area contributed by atoms with E-state index in [0.717, 1.165) is 66.6 Å². The molecule has 0 bridgehead atoms. The summed E-state index contributed by atoms with van der Waals surface area (Å²) < 4.78 is 9.12. The third-order valence-electron chi connectivity index (χ3n) is 14.4. The van der Waals surface area contributed by atoms with Crippen molar-refractivity contribution in [3.63, 3.8) is 0 Å². The van der Waals surface area contributed by atoms with E-state index in [1.807, 2.05) is 0 Å². The number of para-hydroxylation sites is 2. The quantitative estimate of drug-likeness (QED) is 0.151. The highest BCUT2D eigenvalue weighted by atomic mass is 16.3. The predicted molar refractivity (Wildman–Crippen MR) is 299 cm³/mol. The van der Waals surface area contributed by atoms with Gasteiger partial charge in [0.2, 0.25) is 0 Å². The molecule has 3 heteroatoms. The maximum atomic E-state index is 6.73. The van der Waals surface area contributed by atoms with Gasteiger partial charge in [0.25, 0.3) is 0 Å². The van der Waals surface area contributed by atoms with E-state index < -0.39 is 0 Å². The molecule has 14 aromatic rings. The molecule has 0 N–H and O–H groups in total. The molecule has 0 aliphatic carbocycles. The van der Waals surface area contributed by atoms with Crippen LogP contribution < -0.4 is 4.90 Å². The van der Waals surface area contributed by atoms with Gasteiger partial charge in [-0.15, -0.1) is 0 Å². The zero-order chi connectivity index (χ0) is 46.8. The van der Waals surface area contributed by atoms with Crippen LogP contribution in [0.25, 0.3) is 115 Å². The molecule has 14 rings (SSSR count). The molecule has 2 aromatic heterocycles. The third kappa shape index (κ3) is 6.89. The van der Waals surface area contributed by atoms with Gasteiger partial charge >= 0.3 is 0 Å². The second-order valence-electron chi connectivity index (χ2n) is 18.5. The monoisotopic (exact) mass is 904 g/mol. The van der Waals surface area contributed by atoms with Crippen LogP contribution in [0.3, 0.4) is 0 Å². The maximum absolute atomic E-state index is 6.73. The molecule has 0 aliphatic rings. The van der Waals surface area contributed by atoms with Gasteiger partial charge in [-0.3, -0.25) is 0 Å². The van der Waals surface area contributed by atoms with Crippen LogP contribution in [0.15, 0.2) is 271 Å². The molecule has 2 heterocycles. The van der Waals surface area contributed by atoms with Crippen LogP contribution in [-0.2, 0) is 0 Å². The SMILES string of the molecule is c1ccc(-c2ccc3c(c2)c2cc(-c4cccc(-c5ccc(N(c6ccc(-c7cccc8ccccc78)cc6)c6cc7ccccc7c7oc8ccccc8c67)cc5)c4)ccc2n3-c2ccccc2)cc1. The molecule has 0 spiro atoms. The zero-order valence-corrected chi connectivity index (χ0v) is 38.7. The molecule has 0 aliphatic heterocycles. The Balaban J connectivity index is 0.882. The molecule has 332 valence electrons. The minimum absolute atomic E-state index is 0.875. The van der Waals surface area contributed by atoms with Gasteiger partial charge in [-0.2, -0.15) is 0 Å². The fourth-order valence-corrected chi connectivity index (χ4v) is 11.0. The first-order chi connectivity index (χ1) is 35.2. The second kappa shape index (κ2) is 16.7. The summed E-state index contributed by atoms with van der Waals surface area (Å²) in [6.45, 7) is 0. The van der Waals surface area contributed by atoms with Crippen LogP contribution >= 0.6 is 0 Å². The molecule has 0 saturated heterocycles. The van der Waals surface area contributed by atoms with Gasteiger partial charge in [0.15, 0.2) is 0 Å². The van der Waals surface area contributed by atoms with Crippen molar-refractivity contribution in [1.82, 2.24) is 4.57 Å². The van der Waals surface area contributed by atoms with Gasteiger partial charge < -0.3 is 13.9 Å². The molecule has 0 atom stereocenters. The number of furan rings is 1. The Hall–Kier alpha value is -9.44. The van der Waals surface area contributed by atoms with Crippen molar-refractivity contribution in [2.24, 2.45) is 0 Å². The Morgan fingerprint density at radius 3 is 1.52 bits per heavy atom. The van der Waals surface area contributed by atoms with E-state index >= 15 is 0 Å². The lowest BCUT2D eigenvalue weighted by Gasteiger charge is -2.27. The molecule has 12 aromatic carbocycles. The summed E-state index contributed by atoms with van der Waals surface area (Å²) in [4.78, 5) is 2.40. The molecule has 3 nitrogen and oxygen atoms in total. The summed E-state index contributed by atoms with van der Waals surface area (Å²) in [5.74, 6) is 0. The zero-order valence-electron chi connectivity index (χ0n) is 38.7. The van der Waals surface area contributed by atoms with Crippen LogP contribution in [0.4, 0.5) is 17.1 Å². The Labute approximate surface area is 411 Å². The van der Waals surface area contributed by atoms with Gasteiger partial charge in [0.1, 0.15) is 11.2 Å². The van der Waals surface area contributed by atoms with Crippen molar-refractivity contribution in [3.05, 3.63) is 267 Å². The smallest absolute Gasteiger partial charge is 0.145 e. The maximum Gasteiger partial charge on any atom is 0.145 e. The van der Waals surface area contributed by atoms with Crippen molar-refractivity contribution in [2.75, 3.05) is 4.90 Å². The lowest BCUT2D eigenvalue weighted by atomic mass is 9.96. The van der Waals surface area contributed by atoms with Crippen LogP contribution in [0.5, 0.6) is 0 Å². The van der Waals surface area contributed by atoms with Gasteiger partial charge in [-0.1, -0.05) is 188 Å². The molecule has 0 unspecified atom stereocenters. The van der Waals surface area contributed by atoms with E-state index in [1.54, 1.807) is 0 Å². The fourth-order valence-electron chi connectivity index (χ4n) is 11.0. The number of benzene rings is 12. The van der Waals surface area contributed by atoms with E-state index in [0.29, 0.717) is 0 Å². The highest BCUT2D eigenvalue weighted by Crippen LogP contribution is 2.47. The fraction of sp³-hybridized carbons (Fsp3) is 0. The minimum atomic E-state index is 0.875. The highest BCUT2D eigenvalue weighted by molar-refractivity contribution is 6.22. The largest absolute Gasteiger partial charge is 0.455 e. The van der Waals surface area contributed by atoms with Crippen molar-refractivity contribution in [1.29, 1.82) is 0 Å². The van der Waals surface area contributed by atoms with E-state index in [4.69, 9.17) is 4.42 Å². The average Bonchev–Trinajstić information content (AvgIpc) is 4.00. The van der Waals surface area contributed by atoms with Gasteiger partial charge in [0, 0.05) is 38.6 Å². The first kappa shape index (κ1) is 40.6. The van der Waals surface area contributed by atoms with Gasteiger partial charge in [-0.05, 0) is 140 Å². The Morgan fingerprint density at radius 1 is 0.310 bits per heavy atom. The molecule has 0 fully saturated rings. The summed E-state index contributed by atoms with van der Waals surface area (Å²) >= 11 is 0. The Bertz CT molecular complexity index is 4310. The summed E-state index contributed by atoms with van der Waals surface area (Å²) in [6, 6.07) is 96.7. The normalized spacial score (nSPS) is 11.7. The molecule has 0 saturated carbocycles. The van der Waals surface area contributed by atoms with Gasteiger partial charge in [0.05, 0.1) is 22.1 Å². The van der Waals surface area contributed by atoms with Crippen molar-refractivity contribution >= 4 is 82.4 Å². The van der Waals surface area contributed by atoms with Crippen LogP contribution in [0, 0.1) is 0 Å². The molecular formula is C68H44N2O. The summed E-state index contributed by atoms with van der Waals surface area (Å²) in [6.07, 6.45) is 0. The third-order valence-corrected chi connectivity index (χ3v) is 14.4. The van der Waals surface area contributed by atoms with Crippen molar-refractivity contribution in [2.45, 2.75) is 0 Å². The van der Waals surface area contributed by atoms with Crippen LogP contribution in [-0.4, -0.2) is 4.57 Å². The summed E-state index contributed by atoms with van der Waals surface area (Å²) in [7, 11) is 0. The standard InChI is InChI=1S/C68H44N2O/c1-3-15-45(16-4-1)51-33-39-63-61(42-51)62-43-52(34-40-64(62)70(63)54-22-5-2-6-23-54)50-21-13-20-49(41-50)46-29-35-55(36-30-46)69(56-37-31-48(32-38-56)58-27-14-19-47-17-7-9-24-57(47)58)65-44-53-18-8-10-25-59(53)68-67(65)60-26-11-12-28-66(60)71-68/h1-44H. The van der Waals surface area contributed by atoms with E-state index in [2.05, 4.69) is 276 Å². The number of rotatable bonds is 8. The van der Waals surface area contributed by atoms with Crippen LogP contribution in [0.1, 0.15) is 0 Å². The number of hydrogen-bond donors (Lipinski definition) is 0. The van der Waals surface area contributed by atoms with E-state index in [1.165, 1.54) is 66.0 Å². The molecular weight excluding hydrogens is 861 g/mol. The van der Waals surface area contributed by atoms with Gasteiger partial charge in [-0.25, -0.2) is 0 Å². The first-order valence-electron chi connectivity index (χ1n) is 24.3. The number of aromatic nitrogens is 1. The van der Waals surface area contributed by atoms with E-state index in [-0.39, 0.29) is 0 Å². The first-order valence-corrected chi connectivity index (χ1v) is 24.3. The lowest BCUT2D eigenvalue weighted by molar-refractivity contribution is 0.672. The predicted octanol–water partition coefficient (Wildman–Crippen LogP) is 19.1. The van der Waals surface area contributed by atoms with E-state index in [9.17, 15) is 0 Å². The molecule has 0 amide bonds. The number of hydrogen-bond acceptors (Lipinski definition) is 2. The number of fused-ring (bicyclic) bond motifs is 9. The summed E-state index contributed by atoms with van der Waals surface area (Å²) in [5.41, 5.74) is 18.0. The molecule has 0 radical (unpaired) electrons. The Kier molecular flexibility index (Phi) is 9.53. The average molecular weight is 905 g/mol. The number of anilines is 3. The minimum Gasteiger partial charge on any atom is -0.455 e. The van der Waals surface area contributed by atoms with Crippen molar-refractivity contribution in [3.8, 4) is 50.2 Å². The molecule has 71 heavy (non-hydrogen) atoms. The highest BCUT2D eigenvalue weighted by Gasteiger charge is 2.23. The van der Waals surface area contributed by atoms with Crippen molar-refractivity contribution < 1.29 is 4.42 Å².